The monoisotopic (exact) mass is 234 g/mol. The molecule has 1 aliphatic rings. The first-order chi connectivity index (χ1) is 8.18. The van der Waals surface area contributed by atoms with Crippen molar-refractivity contribution in [3.05, 3.63) is 24.3 Å². The molecule has 0 amide bonds. The average Bonchev–Trinajstić information content (AvgIpc) is 2.35. The highest BCUT2D eigenvalue weighted by molar-refractivity contribution is 5.01. The molecule has 1 aliphatic heterocycles. The molecular formula is C13H22N4. The van der Waals surface area contributed by atoms with Gasteiger partial charge in [0.15, 0.2) is 0 Å². The molecule has 0 radical (unpaired) electrons. The van der Waals surface area contributed by atoms with Gasteiger partial charge < -0.3 is 10.2 Å². The Labute approximate surface area is 103 Å². The van der Waals surface area contributed by atoms with Gasteiger partial charge in [-0.15, -0.1) is 0 Å². The summed E-state index contributed by atoms with van der Waals surface area (Å²) in [5, 5.41) is 3.53. The Kier molecular flexibility index (Phi) is 4.07. The van der Waals surface area contributed by atoms with Crippen LogP contribution in [0.1, 0.15) is 25.3 Å². The quantitative estimate of drug-likeness (QED) is 0.852. The number of rotatable bonds is 4. The van der Waals surface area contributed by atoms with Gasteiger partial charge in [0.1, 0.15) is 6.33 Å². The summed E-state index contributed by atoms with van der Waals surface area (Å²) in [5.74, 6) is 0. The molecular weight excluding hydrogens is 212 g/mol. The summed E-state index contributed by atoms with van der Waals surface area (Å²) in [7, 11) is 2.20. The zero-order valence-electron chi connectivity index (χ0n) is 10.8. The highest BCUT2D eigenvalue weighted by atomic mass is 15.1. The summed E-state index contributed by atoms with van der Waals surface area (Å²) in [6.07, 6.45) is 7.87. The normalized spacial score (nSPS) is 20.4. The summed E-state index contributed by atoms with van der Waals surface area (Å²) >= 11 is 0. The zero-order valence-corrected chi connectivity index (χ0v) is 10.8. The van der Waals surface area contributed by atoms with Crippen LogP contribution >= 0.6 is 0 Å². The van der Waals surface area contributed by atoms with E-state index in [9.17, 15) is 0 Å². The van der Waals surface area contributed by atoms with E-state index in [2.05, 4.69) is 34.2 Å². The van der Waals surface area contributed by atoms with Crippen molar-refractivity contribution >= 4 is 0 Å². The molecule has 0 unspecified atom stereocenters. The fourth-order valence-electron chi connectivity index (χ4n) is 2.27. The molecule has 0 spiro atoms. The molecule has 1 saturated heterocycles. The second-order valence-electron chi connectivity index (χ2n) is 5.46. The standard InChI is InChI=1S/C13H22N4/c1-13(3-5-17(2)6-4-13)10-14-7-12-8-15-11-16-9-12/h8-9,11,14H,3-7,10H2,1-2H3. The van der Waals surface area contributed by atoms with Crippen molar-refractivity contribution in [1.82, 2.24) is 20.2 Å². The van der Waals surface area contributed by atoms with Gasteiger partial charge in [-0.25, -0.2) is 9.97 Å². The molecule has 0 atom stereocenters. The Bertz CT molecular complexity index is 331. The minimum Gasteiger partial charge on any atom is -0.312 e. The van der Waals surface area contributed by atoms with Crippen molar-refractivity contribution in [2.24, 2.45) is 5.41 Å². The molecule has 0 bridgehead atoms. The Morgan fingerprint density at radius 3 is 2.59 bits per heavy atom. The van der Waals surface area contributed by atoms with Gasteiger partial charge in [-0.3, -0.25) is 0 Å². The highest BCUT2D eigenvalue weighted by Gasteiger charge is 2.28. The molecule has 1 aromatic rings. The molecule has 1 fully saturated rings. The van der Waals surface area contributed by atoms with Crippen LogP contribution in [0.15, 0.2) is 18.7 Å². The molecule has 0 aromatic carbocycles. The summed E-state index contributed by atoms with van der Waals surface area (Å²) in [5.41, 5.74) is 1.60. The minimum absolute atomic E-state index is 0.447. The Morgan fingerprint density at radius 2 is 1.94 bits per heavy atom. The number of hydrogen-bond acceptors (Lipinski definition) is 4. The highest BCUT2D eigenvalue weighted by Crippen LogP contribution is 2.29. The Hall–Kier alpha value is -1.00. The Morgan fingerprint density at radius 1 is 1.29 bits per heavy atom. The lowest BCUT2D eigenvalue weighted by Crippen LogP contribution is -2.41. The van der Waals surface area contributed by atoms with Gasteiger partial charge in [0.25, 0.3) is 0 Å². The van der Waals surface area contributed by atoms with E-state index < -0.39 is 0 Å². The number of hydrogen-bond donors (Lipinski definition) is 1. The number of nitrogens with one attached hydrogen (secondary N) is 1. The van der Waals surface area contributed by atoms with Crippen LogP contribution in [0.25, 0.3) is 0 Å². The van der Waals surface area contributed by atoms with E-state index in [4.69, 9.17) is 0 Å². The lowest BCUT2D eigenvalue weighted by molar-refractivity contribution is 0.137. The zero-order chi connectivity index (χ0) is 12.1. The van der Waals surface area contributed by atoms with Gasteiger partial charge >= 0.3 is 0 Å². The van der Waals surface area contributed by atoms with E-state index in [0.717, 1.165) is 18.7 Å². The first-order valence-electron chi connectivity index (χ1n) is 6.31. The molecule has 2 heterocycles. The van der Waals surface area contributed by atoms with Gasteiger partial charge in [0.05, 0.1) is 0 Å². The maximum absolute atomic E-state index is 4.02. The van der Waals surface area contributed by atoms with Crippen molar-refractivity contribution in [1.29, 1.82) is 0 Å². The third-order valence-corrected chi connectivity index (χ3v) is 3.69. The third-order valence-electron chi connectivity index (χ3n) is 3.69. The summed E-state index contributed by atoms with van der Waals surface area (Å²) in [6.45, 7) is 6.76. The van der Waals surface area contributed by atoms with Gasteiger partial charge in [-0.1, -0.05) is 6.92 Å². The second kappa shape index (κ2) is 5.56. The van der Waals surface area contributed by atoms with Crippen molar-refractivity contribution in [2.45, 2.75) is 26.3 Å². The molecule has 2 rings (SSSR count). The molecule has 94 valence electrons. The lowest BCUT2D eigenvalue weighted by atomic mass is 9.80. The number of piperidine rings is 1. The van der Waals surface area contributed by atoms with Crippen molar-refractivity contribution in [3.8, 4) is 0 Å². The van der Waals surface area contributed by atoms with E-state index >= 15 is 0 Å². The molecule has 4 nitrogen and oxygen atoms in total. The number of aromatic nitrogens is 2. The SMILES string of the molecule is CN1CCC(C)(CNCc2cncnc2)CC1. The second-order valence-corrected chi connectivity index (χ2v) is 5.46. The Balaban J connectivity index is 1.75. The van der Waals surface area contributed by atoms with Gasteiger partial charge in [0, 0.05) is 31.0 Å². The van der Waals surface area contributed by atoms with Crippen LogP contribution < -0.4 is 5.32 Å². The first-order valence-corrected chi connectivity index (χ1v) is 6.31. The van der Waals surface area contributed by atoms with E-state index in [-0.39, 0.29) is 0 Å². The molecule has 4 heteroatoms. The van der Waals surface area contributed by atoms with Crippen LogP contribution in [0.3, 0.4) is 0 Å². The van der Waals surface area contributed by atoms with Gasteiger partial charge in [0.2, 0.25) is 0 Å². The van der Waals surface area contributed by atoms with Crippen molar-refractivity contribution in [3.63, 3.8) is 0 Å². The average molecular weight is 234 g/mol. The third kappa shape index (κ3) is 3.75. The van der Waals surface area contributed by atoms with Gasteiger partial charge in [-0.05, 0) is 38.4 Å². The maximum atomic E-state index is 4.02. The minimum atomic E-state index is 0.447. The number of nitrogens with zero attached hydrogens (tertiary/aromatic N) is 3. The van der Waals surface area contributed by atoms with E-state index in [0.29, 0.717) is 5.41 Å². The number of likely N-dealkylation sites (tertiary alicyclic amines) is 1. The topological polar surface area (TPSA) is 41.0 Å². The predicted molar refractivity (Wildman–Crippen MR) is 68.6 cm³/mol. The van der Waals surface area contributed by atoms with E-state index in [1.807, 2.05) is 12.4 Å². The molecule has 1 N–H and O–H groups in total. The fraction of sp³-hybridized carbons (Fsp3) is 0.692. The fourth-order valence-corrected chi connectivity index (χ4v) is 2.27. The van der Waals surface area contributed by atoms with Crippen LogP contribution in [0.5, 0.6) is 0 Å². The van der Waals surface area contributed by atoms with Crippen LogP contribution in [0.4, 0.5) is 0 Å². The molecule has 0 aliphatic carbocycles. The van der Waals surface area contributed by atoms with E-state index in [1.165, 1.54) is 25.9 Å². The molecule has 1 aromatic heterocycles. The molecule has 17 heavy (non-hydrogen) atoms. The molecule has 0 saturated carbocycles. The van der Waals surface area contributed by atoms with E-state index in [1.54, 1.807) is 6.33 Å². The van der Waals surface area contributed by atoms with Crippen LogP contribution in [-0.4, -0.2) is 41.5 Å². The van der Waals surface area contributed by atoms with Crippen molar-refractivity contribution < 1.29 is 0 Å². The summed E-state index contributed by atoms with van der Waals surface area (Å²) in [6, 6.07) is 0. The maximum Gasteiger partial charge on any atom is 0.115 e. The summed E-state index contributed by atoms with van der Waals surface area (Å²) in [4.78, 5) is 10.4. The first kappa shape index (κ1) is 12.5. The largest absolute Gasteiger partial charge is 0.312 e. The van der Waals surface area contributed by atoms with Crippen LogP contribution in [-0.2, 0) is 6.54 Å². The lowest BCUT2D eigenvalue weighted by Gasteiger charge is -2.38. The summed E-state index contributed by atoms with van der Waals surface area (Å²) < 4.78 is 0. The van der Waals surface area contributed by atoms with Gasteiger partial charge in [-0.2, -0.15) is 0 Å². The van der Waals surface area contributed by atoms with Crippen LogP contribution in [0.2, 0.25) is 0 Å². The smallest absolute Gasteiger partial charge is 0.115 e. The van der Waals surface area contributed by atoms with Crippen molar-refractivity contribution in [2.75, 3.05) is 26.7 Å². The van der Waals surface area contributed by atoms with Crippen LogP contribution in [0, 0.1) is 5.41 Å². The predicted octanol–water partition coefficient (Wildman–Crippen LogP) is 1.30.